The van der Waals surface area contributed by atoms with E-state index >= 15 is 0 Å². The molecule has 4 heteroatoms. The van der Waals surface area contributed by atoms with Crippen LogP contribution in [-0.2, 0) is 0 Å². The molecule has 0 aromatic heterocycles. The predicted molar refractivity (Wildman–Crippen MR) is 120 cm³/mol. The zero-order valence-corrected chi connectivity index (χ0v) is 17.6. The molecule has 158 valence electrons. The van der Waals surface area contributed by atoms with Crippen LogP contribution in [0.5, 0.6) is 0 Å². The summed E-state index contributed by atoms with van der Waals surface area (Å²) in [5, 5.41) is 18.8. The summed E-state index contributed by atoms with van der Waals surface area (Å²) in [4.78, 5) is 23.0. The van der Waals surface area contributed by atoms with E-state index in [1.54, 1.807) is 12.1 Å². The van der Waals surface area contributed by atoms with Crippen molar-refractivity contribution in [3.05, 3.63) is 59.2 Å². The van der Waals surface area contributed by atoms with Crippen LogP contribution in [0.3, 0.4) is 0 Å². The molecule has 0 unspecified atom stereocenters. The van der Waals surface area contributed by atoms with Gasteiger partial charge in [0.2, 0.25) is 0 Å². The third kappa shape index (κ3) is 7.08. The molecule has 2 rings (SSSR count). The van der Waals surface area contributed by atoms with Crippen molar-refractivity contribution in [3.8, 4) is 23.0 Å². The Morgan fingerprint density at radius 2 is 1.47 bits per heavy atom. The van der Waals surface area contributed by atoms with Crippen LogP contribution in [0.1, 0.15) is 91.0 Å². The third-order valence-corrected chi connectivity index (χ3v) is 5.09. The van der Waals surface area contributed by atoms with E-state index in [1.165, 1.54) is 63.1 Å². The van der Waals surface area contributed by atoms with Gasteiger partial charge in [-0.05, 0) is 41.8 Å². The van der Waals surface area contributed by atoms with Gasteiger partial charge >= 0.3 is 11.9 Å². The molecule has 0 fully saturated rings. The molecule has 2 N–H and O–H groups in total. The van der Waals surface area contributed by atoms with E-state index in [-0.39, 0.29) is 11.1 Å². The summed E-state index contributed by atoms with van der Waals surface area (Å²) in [6.45, 7) is 2.22. The van der Waals surface area contributed by atoms with Crippen LogP contribution in [0.2, 0.25) is 0 Å². The summed E-state index contributed by atoms with van der Waals surface area (Å²) < 4.78 is 0. The Morgan fingerprint density at radius 1 is 0.800 bits per heavy atom. The molecule has 0 saturated heterocycles. The van der Waals surface area contributed by atoms with Crippen LogP contribution in [0, 0.1) is 11.8 Å². The van der Waals surface area contributed by atoms with Crippen LogP contribution in [0.4, 0.5) is 0 Å². The zero-order chi connectivity index (χ0) is 21.8. The predicted octanol–water partition coefficient (Wildman–Crippen LogP) is 6.63. The normalized spacial score (nSPS) is 10.3. The van der Waals surface area contributed by atoms with E-state index in [1.807, 2.05) is 12.1 Å². The number of hydrogen-bond acceptors (Lipinski definition) is 2. The molecule has 0 aliphatic carbocycles. The summed E-state index contributed by atoms with van der Waals surface area (Å²) in [5.41, 5.74) is 1.84. The number of carboxylic acid groups (broad SMARTS) is 2. The lowest BCUT2D eigenvalue weighted by atomic mass is 9.93. The molecule has 0 saturated carbocycles. The van der Waals surface area contributed by atoms with Gasteiger partial charge in [0.25, 0.3) is 0 Å². The zero-order valence-electron chi connectivity index (χ0n) is 17.6. The Labute approximate surface area is 179 Å². The molecule has 2 aromatic rings. The molecule has 4 nitrogen and oxygen atoms in total. The Hall–Kier alpha value is -3.06. The first-order valence-corrected chi connectivity index (χ1v) is 10.7. The largest absolute Gasteiger partial charge is 0.478 e. The minimum Gasteiger partial charge on any atom is -0.478 e. The number of hydrogen-bond donors (Lipinski definition) is 2. The first kappa shape index (κ1) is 23.2. The highest BCUT2D eigenvalue weighted by Crippen LogP contribution is 2.28. The molecule has 0 heterocycles. The number of unbranched alkanes of at least 4 members (excludes halogenated alkanes) is 8. The van der Waals surface area contributed by atoms with E-state index in [0.717, 1.165) is 12.8 Å². The molecule has 2 aromatic carbocycles. The lowest BCUT2D eigenvalue weighted by Crippen LogP contribution is -2.04. The van der Waals surface area contributed by atoms with Crippen molar-refractivity contribution in [1.29, 1.82) is 0 Å². The van der Waals surface area contributed by atoms with E-state index in [9.17, 15) is 19.8 Å². The van der Waals surface area contributed by atoms with Crippen molar-refractivity contribution in [1.82, 2.24) is 0 Å². The second-order valence-corrected chi connectivity index (χ2v) is 7.44. The number of benzene rings is 2. The molecule has 0 amide bonds. The molecule has 0 radical (unpaired) electrons. The highest BCUT2D eigenvalue weighted by Gasteiger charge is 2.16. The third-order valence-electron chi connectivity index (χ3n) is 5.09. The van der Waals surface area contributed by atoms with Gasteiger partial charge in [0.05, 0.1) is 11.1 Å². The maximum absolute atomic E-state index is 11.6. The lowest BCUT2D eigenvalue weighted by Gasteiger charge is -2.10. The van der Waals surface area contributed by atoms with E-state index in [0.29, 0.717) is 16.7 Å². The number of carbonyl (C=O) groups is 2. The minimum atomic E-state index is -1.09. The molecule has 30 heavy (non-hydrogen) atoms. The fourth-order valence-electron chi connectivity index (χ4n) is 3.42. The van der Waals surface area contributed by atoms with Gasteiger partial charge in [-0.1, -0.05) is 81.9 Å². The van der Waals surface area contributed by atoms with Crippen molar-refractivity contribution in [2.75, 3.05) is 0 Å². The monoisotopic (exact) mass is 406 g/mol. The number of rotatable bonds is 11. The lowest BCUT2D eigenvalue weighted by molar-refractivity contribution is 0.0682. The summed E-state index contributed by atoms with van der Waals surface area (Å²) in [6, 6.07) is 11.3. The first-order valence-electron chi connectivity index (χ1n) is 10.7. The number of carboxylic acids is 2. The Bertz CT molecular complexity index is 918. The standard InChI is InChI=1S/C26H30O4/c1-2-3-4-5-6-7-8-9-10-11-14-20-15-12-13-16-22(20)24-19-21(25(27)28)17-18-23(24)26(29)30/h12-13,15-19H,2-10H2,1H3,(H,27,28)(H,29,30). The van der Waals surface area contributed by atoms with Crippen molar-refractivity contribution in [2.24, 2.45) is 0 Å². The molecular formula is C26H30O4. The van der Waals surface area contributed by atoms with Crippen LogP contribution >= 0.6 is 0 Å². The van der Waals surface area contributed by atoms with E-state index in [4.69, 9.17) is 0 Å². The highest BCUT2D eigenvalue weighted by molar-refractivity contribution is 5.99. The molecule has 0 aliphatic rings. The van der Waals surface area contributed by atoms with E-state index < -0.39 is 11.9 Å². The SMILES string of the molecule is CCCCCCCCCCC#Cc1ccccc1-c1cc(C(=O)O)ccc1C(=O)O. The van der Waals surface area contributed by atoms with Gasteiger partial charge in [-0.15, -0.1) is 0 Å². The van der Waals surface area contributed by atoms with Crippen molar-refractivity contribution in [3.63, 3.8) is 0 Å². The summed E-state index contributed by atoms with van der Waals surface area (Å²) in [7, 11) is 0. The van der Waals surface area contributed by atoms with Gasteiger partial charge in [0, 0.05) is 12.0 Å². The Morgan fingerprint density at radius 3 is 2.13 bits per heavy atom. The highest BCUT2D eigenvalue weighted by atomic mass is 16.4. The average Bonchev–Trinajstić information content (AvgIpc) is 2.74. The van der Waals surface area contributed by atoms with E-state index in [2.05, 4.69) is 18.8 Å². The smallest absolute Gasteiger partial charge is 0.336 e. The van der Waals surface area contributed by atoms with Gasteiger partial charge in [-0.3, -0.25) is 0 Å². The summed E-state index contributed by atoms with van der Waals surface area (Å²) in [6.07, 6.45) is 10.8. The topological polar surface area (TPSA) is 74.6 Å². The first-order chi connectivity index (χ1) is 14.5. The fraction of sp³-hybridized carbons (Fsp3) is 0.385. The maximum atomic E-state index is 11.6. The van der Waals surface area contributed by atoms with Crippen LogP contribution < -0.4 is 0 Å². The maximum Gasteiger partial charge on any atom is 0.336 e. The molecular weight excluding hydrogens is 376 g/mol. The minimum absolute atomic E-state index is 0.0525. The van der Waals surface area contributed by atoms with Gasteiger partial charge in [-0.25, -0.2) is 9.59 Å². The van der Waals surface area contributed by atoms with Crippen LogP contribution in [0.25, 0.3) is 11.1 Å². The molecule has 0 spiro atoms. The van der Waals surface area contributed by atoms with Gasteiger partial charge in [-0.2, -0.15) is 0 Å². The second-order valence-electron chi connectivity index (χ2n) is 7.44. The van der Waals surface area contributed by atoms with Crippen molar-refractivity contribution in [2.45, 2.75) is 64.7 Å². The average molecular weight is 407 g/mol. The number of aromatic carboxylic acids is 2. The van der Waals surface area contributed by atoms with Gasteiger partial charge in [0.15, 0.2) is 0 Å². The van der Waals surface area contributed by atoms with Gasteiger partial charge < -0.3 is 10.2 Å². The van der Waals surface area contributed by atoms with Crippen molar-refractivity contribution >= 4 is 11.9 Å². The van der Waals surface area contributed by atoms with Crippen molar-refractivity contribution < 1.29 is 19.8 Å². The second kappa shape index (κ2) is 12.5. The van der Waals surface area contributed by atoms with Crippen LogP contribution in [0.15, 0.2) is 42.5 Å². The quantitative estimate of drug-likeness (QED) is 0.324. The van der Waals surface area contributed by atoms with Gasteiger partial charge in [0.1, 0.15) is 0 Å². The fourth-order valence-corrected chi connectivity index (χ4v) is 3.42. The summed E-state index contributed by atoms with van der Waals surface area (Å²) in [5.74, 6) is 4.17. The molecule has 0 aliphatic heterocycles. The summed E-state index contributed by atoms with van der Waals surface area (Å²) >= 11 is 0. The Kier molecular flexibility index (Phi) is 9.67. The molecule has 0 atom stereocenters. The van der Waals surface area contributed by atoms with Crippen LogP contribution in [-0.4, -0.2) is 22.2 Å². The molecule has 0 bridgehead atoms. The Balaban J connectivity index is 2.08.